The van der Waals surface area contributed by atoms with Crippen LogP contribution in [0.5, 0.6) is 0 Å². The second-order valence-electron chi connectivity index (χ2n) is 7.13. The summed E-state index contributed by atoms with van der Waals surface area (Å²) in [6.07, 6.45) is 7.23. The molecule has 0 atom stereocenters. The first-order chi connectivity index (χ1) is 14.7. The smallest absolute Gasteiger partial charge is 0.0812 e. The van der Waals surface area contributed by atoms with E-state index in [-0.39, 0.29) is 0 Å². The number of pyridine rings is 2. The molecule has 4 heteroatoms. The molecule has 0 N–H and O–H groups in total. The highest BCUT2D eigenvalue weighted by molar-refractivity contribution is 5.81. The summed E-state index contributed by atoms with van der Waals surface area (Å²) in [6, 6.07) is 24.1. The van der Waals surface area contributed by atoms with E-state index in [0.717, 1.165) is 33.9 Å². The van der Waals surface area contributed by atoms with E-state index in [1.54, 1.807) is 12.4 Å². The highest BCUT2D eigenvalue weighted by Gasteiger charge is 2.00. The van der Waals surface area contributed by atoms with Gasteiger partial charge in [0.25, 0.3) is 0 Å². The summed E-state index contributed by atoms with van der Waals surface area (Å²) in [5.74, 6) is 0. The predicted octanol–water partition coefficient (Wildman–Crippen LogP) is 6.26. The normalized spacial score (nSPS) is 11.4. The molecule has 0 unspecified atom stereocenters. The molecular weight excluding hydrogens is 368 g/mol. The first-order valence-electron chi connectivity index (χ1n) is 9.80. The van der Waals surface area contributed by atoms with Gasteiger partial charge < -0.3 is 0 Å². The van der Waals surface area contributed by atoms with E-state index in [4.69, 9.17) is 0 Å². The van der Waals surface area contributed by atoms with Crippen molar-refractivity contribution in [2.45, 2.75) is 13.8 Å². The minimum atomic E-state index is 0.814. The molecule has 4 rings (SSSR count). The second-order valence-corrected chi connectivity index (χ2v) is 7.13. The molecule has 0 bridgehead atoms. The molecule has 2 heterocycles. The fourth-order valence-corrected chi connectivity index (χ4v) is 2.85. The van der Waals surface area contributed by atoms with Crippen molar-refractivity contribution in [3.8, 4) is 11.1 Å². The van der Waals surface area contributed by atoms with Crippen LogP contribution in [-0.2, 0) is 0 Å². The van der Waals surface area contributed by atoms with Crippen LogP contribution in [-0.4, -0.2) is 22.4 Å². The van der Waals surface area contributed by atoms with Crippen molar-refractivity contribution in [3.05, 3.63) is 108 Å². The summed E-state index contributed by atoms with van der Waals surface area (Å²) in [4.78, 5) is 17.9. The molecule has 0 aliphatic carbocycles. The maximum atomic E-state index is 4.49. The number of aromatic nitrogens is 2. The van der Waals surface area contributed by atoms with Gasteiger partial charge in [0, 0.05) is 23.5 Å². The molecule has 30 heavy (non-hydrogen) atoms. The second kappa shape index (κ2) is 9.05. The Balaban J connectivity index is 1.42. The predicted molar refractivity (Wildman–Crippen MR) is 124 cm³/mol. The van der Waals surface area contributed by atoms with Crippen molar-refractivity contribution >= 4 is 23.8 Å². The van der Waals surface area contributed by atoms with Crippen LogP contribution in [0.4, 0.5) is 11.4 Å². The summed E-state index contributed by atoms with van der Waals surface area (Å²) < 4.78 is 0. The van der Waals surface area contributed by atoms with Gasteiger partial charge in [-0.05, 0) is 50.2 Å². The van der Waals surface area contributed by atoms with Gasteiger partial charge in [-0.1, -0.05) is 47.5 Å². The lowest BCUT2D eigenvalue weighted by atomic mass is 10.1. The van der Waals surface area contributed by atoms with Crippen molar-refractivity contribution in [1.82, 2.24) is 9.97 Å². The Bertz CT molecular complexity index is 1060. The zero-order valence-corrected chi connectivity index (χ0v) is 17.0. The van der Waals surface area contributed by atoms with E-state index >= 15 is 0 Å². The monoisotopic (exact) mass is 390 g/mol. The van der Waals surface area contributed by atoms with Crippen molar-refractivity contribution in [2.24, 2.45) is 9.98 Å². The summed E-state index contributed by atoms with van der Waals surface area (Å²) in [6.45, 7) is 4.12. The van der Waals surface area contributed by atoms with Gasteiger partial charge in [-0.15, -0.1) is 0 Å². The van der Waals surface area contributed by atoms with Gasteiger partial charge in [0.15, 0.2) is 0 Å². The fourth-order valence-electron chi connectivity index (χ4n) is 2.85. The first kappa shape index (κ1) is 19.4. The molecule has 2 aromatic heterocycles. The van der Waals surface area contributed by atoms with Crippen molar-refractivity contribution in [2.75, 3.05) is 0 Å². The van der Waals surface area contributed by atoms with E-state index < -0.39 is 0 Å². The summed E-state index contributed by atoms with van der Waals surface area (Å²) >= 11 is 0. The van der Waals surface area contributed by atoms with Crippen LogP contribution in [0.1, 0.15) is 22.5 Å². The quantitative estimate of drug-likeness (QED) is 0.378. The van der Waals surface area contributed by atoms with Gasteiger partial charge in [0.2, 0.25) is 0 Å². The number of benzene rings is 2. The Labute approximate surface area is 176 Å². The van der Waals surface area contributed by atoms with Gasteiger partial charge in [0.05, 0.1) is 35.2 Å². The largest absolute Gasteiger partial charge is 0.255 e. The van der Waals surface area contributed by atoms with E-state index in [2.05, 4.69) is 33.8 Å². The van der Waals surface area contributed by atoms with Crippen LogP contribution >= 0.6 is 0 Å². The maximum Gasteiger partial charge on any atom is 0.0812 e. The van der Waals surface area contributed by atoms with Crippen molar-refractivity contribution in [1.29, 1.82) is 0 Å². The molecule has 4 aromatic rings. The number of nitrogens with zero attached hydrogens (tertiary/aromatic N) is 4. The SMILES string of the molecule is Cc1ccc(N=Cc2ccc(-c3ccc(C=Nc4ccc(C)cc4)nc3)cn2)cc1. The highest BCUT2D eigenvalue weighted by Crippen LogP contribution is 2.18. The fraction of sp³-hybridized carbons (Fsp3) is 0.0769. The third-order valence-electron chi connectivity index (χ3n) is 4.67. The lowest BCUT2D eigenvalue weighted by Crippen LogP contribution is -1.90. The Hall–Kier alpha value is -3.92. The highest BCUT2D eigenvalue weighted by atomic mass is 14.8. The molecule has 0 spiro atoms. The Morgan fingerprint density at radius 2 is 0.933 bits per heavy atom. The standard InChI is InChI=1S/C26H22N4/c1-19-3-9-23(10-4-19)29-17-25-13-7-21(15-27-25)22-8-14-26(28-16-22)18-30-24-11-5-20(2)6-12-24/h3-18H,1-2H3. The molecule has 146 valence electrons. The van der Waals surface area contributed by atoms with Crippen LogP contribution in [0.3, 0.4) is 0 Å². The third kappa shape index (κ3) is 5.11. The van der Waals surface area contributed by atoms with Crippen molar-refractivity contribution < 1.29 is 0 Å². The number of rotatable bonds is 5. The van der Waals surface area contributed by atoms with Crippen LogP contribution < -0.4 is 0 Å². The van der Waals surface area contributed by atoms with Crippen LogP contribution in [0.2, 0.25) is 0 Å². The molecule has 4 nitrogen and oxygen atoms in total. The average molecular weight is 390 g/mol. The number of hydrogen-bond acceptors (Lipinski definition) is 4. The summed E-state index contributed by atoms with van der Waals surface area (Å²) in [7, 11) is 0. The molecule has 0 fully saturated rings. The number of aliphatic imine (C=N–C) groups is 2. The van der Waals surface area contributed by atoms with Crippen LogP contribution in [0.15, 0.2) is 95.2 Å². The average Bonchev–Trinajstić information content (AvgIpc) is 2.79. The molecule has 0 amide bonds. The summed E-state index contributed by atoms with van der Waals surface area (Å²) in [5.41, 5.74) is 7.92. The minimum Gasteiger partial charge on any atom is -0.255 e. The van der Waals surface area contributed by atoms with Crippen LogP contribution in [0, 0.1) is 13.8 Å². The van der Waals surface area contributed by atoms with Gasteiger partial charge in [-0.2, -0.15) is 0 Å². The number of hydrogen-bond donors (Lipinski definition) is 0. The van der Waals surface area contributed by atoms with Crippen molar-refractivity contribution in [3.63, 3.8) is 0 Å². The van der Waals surface area contributed by atoms with E-state index in [0.29, 0.717) is 0 Å². The first-order valence-corrected chi connectivity index (χ1v) is 9.80. The van der Waals surface area contributed by atoms with Gasteiger partial charge >= 0.3 is 0 Å². The lowest BCUT2D eigenvalue weighted by molar-refractivity contribution is 1.27. The molecule has 2 aromatic carbocycles. The summed E-state index contributed by atoms with van der Waals surface area (Å²) in [5, 5.41) is 0. The topological polar surface area (TPSA) is 50.5 Å². The minimum absolute atomic E-state index is 0.814. The zero-order chi connectivity index (χ0) is 20.8. The lowest BCUT2D eigenvalue weighted by Gasteiger charge is -2.02. The molecule has 0 aliphatic heterocycles. The van der Waals surface area contributed by atoms with Gasteiger partial charge in [0.1, 0.15) is 0 Å². The Morgan fingerprint density at radius 3 is 1.27 bits per heavy atom. The molecule has 0 saturated heterocycles. The molecule has 0 radical (unpaired) electrons. The van der Waals surface area contributed by atoms with E-state index in [9.17, 15) is 0 Å². The van der Waals surface area contributed by atoms with E-state index in [1.165, 1.54) is 11.1 Å². The van der Waals surface area contributed by atoms with Crippen LogP contribution in [0.25, 0.3) is 11.1 Å². The molecular formula is C26H22N4. The number of aryl methyl sites for hydroxylation is 2. The zero-order valence-electron chi connectivity index (χ0n) is 17.0. The Morgan fingerprint density at radius 1 is 0.533 bits per heavy atom. The Kier molecular flexibility index (Phi) is 5.85. The molecule has 0 saturated carbocycles. The van der Waals surface area contributed by atoms with Gasteiger partial charge in [-0.25, -0.2) is 0 Å². The maximum absolute atomic E-state index is 4.49. The third-order valence-corrected chi connectivity index (χ3v) is 4.67. The molecule has 0 aliphatic rings. The van der Waals surface area contributed by atoms with Gasteiger partial charge in [-0.3, -0.25) is 20.0 Å². The van der Waals surface area contributed by atoms with E-state index in [1.807, 2.05) is 85.2 Å².